The van der Waals surface area contributed by atoms with E-state index >= 15 is 0 Å². The highest BCUT2D eigenvalue weighted by molar-refractivity contribution is 9.10. The normalized spacial score (nSPS) is 35.9. The van der Waals surface area contributed by atoms with Crippen molar-refractivity contribution in [2.75, 3.05) is 6.54 Å². The molecule has 1 heterocycles. The van der Waals surface area contributed by atoms with Crippen LogP contribution in [0.3, 0.4) is 0 Å². The maximum absolute atomic E-state index is 3.46. The summed E-state index contributed by atoms with van der Waals surface area (Å²) in [6.45, 7) is 1.23. The van der Waals surface area contributed by atoms with Gasteiger partial charge >= 0.3 is 0 Å². The van der Waals surface area contributed by atoms with E-state index in [2.05, 4.69) is 45.5 Å². The van der Waals surface area contributed by atoms with Crippen molar-refractivity contribution in [3.05, 3.63) is 34.3 Å². The Balaban J connectivity index is 1.81. The summed E-state index contributed by atoms with van der Waals surface area (Å²) in [7, 11) is 0. The molecule has 68 valence electrons. The van der Waals surface area contributed by atoms with Gasteiger partial charge in [0.1, 0.15) is 0 Å². The van der Waals surface area contributed by atoms with Gasteiger partial charge < -0.3 is 5.32 Å². The molecule has 2 aliphatic rings. The van der Waals surface area contributed by atoms with E-state index in [-0.39, 0.29) is 0 Å². The molecule has 0 aromatic heterocycles. The van der Waals surface area contributed by atoms with Crippen LogP contribution >= 0.6 is 15.9 Å². The average molecular weight is 238 g/mol. The van der Waals surface area contributed by atoms with E-state index < -0.39 is 0 Å². The fourth-order valence-electron chi connectivity index (χ4n) is 2.45. The first-order valence-electron chi connectivity index (χ1n) is 4.83. The predicted octanol–water partition coefficient (Wildman–Crippen LogP) is 2.52. The Morgan fingerprint density at radius 3 is 2.46 bits per heavy atom. The molecule has 1 aromatic carbocycles. The zero-order chi connectivity index (χ0) is 8.84. The second-order valence-corrected chi connectivity index (χ2v) is 4.99. The number of fused-ring (bicyclic) bond motifs is 1. The lowest BCUT2D eigenvalue weighted by Gasteiger charge is -2.54. The minimum absolute atomic E-state index is 0.833. The molecule has 1 saturated heterocycles. The van der Waals surface area contributed by atoms with Crippen LogP contribution in [0.1, 0.15) is 17.9 Å². The first kappa shape index (κ1) is 8.01. The molecular formula is C11H12BrN. The molecule has 0 unspecified atom stereocenters. The Labute approximate surface area is 86.7 Å². The second kappa shape index (κ2) is 2.82. The van der Waals surface area contributed by atoms with Gasteiger partial charge in [-0.25, -0.2) is 0 Å². The van der Waals surface area contributed by atoms with Crippen LogP contribution < -0.4 is 5.32 Å². The van der Waals surface area contributed by atoms with Crippen molar-refractivity contribution in [2.45, 2.75) is 18.4 Å². The second-order valence-electron chi connectivity index (χ2n) is 4.07. The van der Waals surface area contributed by atoms with Crippen molar-refractivity contribution in [3.8, 4) is 0 Å². The quantitative estimate of drug-likeness (QED) is 0.792. The van der Waals surface area contributed by atoms with Crippen LogP contribution in [0.25, 0.3) is 0 Å². The molecule has 1 aromatic rings. The summed E-state index contributed by atoms with van der Waals surface area (Å²) in [5.41, 5.74) is 1.52. The average Bonchev–Trinajstić information content (AvgIpc) is 2.12. The first-order valence-corrected chi connectivity index (χ1v) is 5.63. The van der Waals surface area contributed by atoms with Crippen LogP contribution in [0.5, 0.6) is 0 Å². The van der Waals surface area contributed by atoms with Gasteiger partial charge in [0.2, 0.25) is 0 Å². The number of benzene rings is 1. The topological polar surface area (TPSA) is 12.0 Å². The molecule has 2 fully saturated rings. The van der Waals surface area contributed by atoms with E-state index in [0.717, 1.165) is 17.9 Å². The van der Waals surface area contributed by atoms with E-state index in [0.29, 0.717) is 0 Å². The van der Waals surface area contributed by atoms with Crippen LogP contribution in [0.2, 0.25) is 0 Å². The molecule has 0 bridgehead atoms. The molecule has 3 atom stereocenters. The van der Waals surface area contributed by atoms with Crippen LogP contribution in [-0.4, -0.2) is 12.6 Å². The summed E-state index contributed by atoms with van der Waals surface area (Å²) in [5, 5.41) is 3.45. The maximum Gasteiger partial charge on any atom is 0.0175 e. The molecule has 2 heteroatoms. The standard InChI is InChI=1S/C11H12BrN/c12-8-3-1-7(2-4-8)9-5-11-10(9)6-13-11/h1-4,9-11,13H,5-6H2/t9-,10+,11+/m0/s1. The summed E-state index contributed by atoms with van der Waals surface area (Å²) >= 11 is 3.46. The lowest BCUT2D eigenvalue weighted by Crippen LogP contribution is -2.63. The fraction of sp³-hybridized carbons (Fsp3) is 0.455. The molecule has 0 radical (unpaired) electrons. The number of halogens is 1. The van der Waals surface area contributed by atoms with E-state index in [1.807, 2.05) is 0 Å². The monoisotopic (exact) mass is 237 g/mol. The van der Waals surface area contributed by atoms with Crippen molar-refractivity contribution in [1.82, 2.24) is 5.32 Å². The third-order valence-electron chi connectivity index (χ3n) is 3.46. The Kier molecular flexibility index (Phi) is 1.74. The molecule has 1 saturated carbocycles. The number of hydrogen-bond acceptors (Lipinski definition) is 1. The summed E-state index contributed by atoms with van der Waals surface area (Å²) in [6, 6.07) is 9.64. The highest BCUT2D eigenvalue weighted by atomic mass is 79.9. The Hall–Kier alpha value is -0.340. The first-order chi connectivity index (χ1) is 6.34. The fourth-order valence-corrected chi connectivity index (χ4v) is 2.71. The highest BCUT2D eigenvalue weighted by Gasteiger charge is 2.47. The van der Waals surface area contributed by atoms with Crippen LogP contribution in [0, 0.1) is 5.92 Å². The lowest BCUT2D eigenvalue weighted by atomic mass is 9.62. The molecule has 0 spiro atoms. The van der Waals surface area contributed by atoms with E-state index in [1.54, 1.807) is 0 Å². The molecule has 1 N–H and O–H groups in total. The Morgan fingerprint density at radius 2 is 2.00 bits per heavy atom. The van der Waals surface area contributed by atoms with Crippen molar-refractivity contribution >= 4 is 15.9 Å². The number of piperidine rings is 1. The van der Waals surface area contributed by atoms with Gasteiger partial charge in [-0.1, -0.05) is 28.1 Å². The van der Waals surface area contributed by atoms with Crippen molar-refractivity contribution in [1.29, 1.82) is 0 Å². The Bertz CT molecular complexity index is 319. The van der Waals surface area contributed by atoms with Gasteiger partial charge in [0.25, 0.3) is 0 Å². The molecule has 1 nitrogen and oxygen atoms in total. The van der Waals surface area contributed by atoms with E-state index in [1.165, 1.54) is 23.0 Å². The third-order valence-corrected chi connectivity index (χ3v) is 3.98. The van der Waals surface area contributed by atoms with Gasteiger partial charge in [0.15, 0.2) is 0 Å². The predicted molar refractivity (Wildman–Crippen MR) is 56.8 cm³/mol. The zero-order valence-corrected chi connectivity index (χ0v) is 8.92. The van der Waals surface area contributed by atoms with E-state index in [4.69, 9.17) is 0 Å². The SMILES string of the molecule is Brc1ccc([C@@H]2C[C@H]3NC[C@@H]32)cc1. The number of hydrogen-bond donors (Lipinski definition) is 1. The van der Waals surface area contributed by atoms with Gasteiger partial charge in [-0.2, -0.15) is 0 Å². The minimum Gasteiger partial charge on any atom is -0.313 e. The molecule has 13 heavy (non-hydrogen) atoms. The maximum atomic E-state index is 3.46. The lowest BCUT2D eigenvalue weighted by molar-refractivity contribution is 0.0751. The van der Waals surface area contributed by atoms with Gasteiger partial charge in [-0.15, -0.1) is 0 Å². The van der Waals surface area contributed by atoms with Gasteiger partial charge in [-0.05, 0) is 36.0 Å². The largest absolute Gasteiger partial charge is 0.313 e. The van der Waals surface area contributed by atoms with Crippen molar-refractivity contribution < 1.29 is 0 Å². The van der Waals surface area contributed by atoms with Crippen LogP contribution in [-0.2, 0) is 0 Å². The summed E-state index contributed by atoms with van der Waals surface area (Å²) < 4.78 is 1.18. The molecule has 1 aliphatic heterocycles. The number of rotatable bonds is 1. The summed E-state index contributed by atoms with van der Waals surface area (Å²) in [4.78, 5) is 0. The van der Waals surface area contributed by atoms with Crippen molar-refractivity contribution in [2.24, 2.45) is 5.92 Å². The molecule has 0 amide bonds. The molecular weight excluding hydrogens is 226 g/mol. The van der Waals surface area contributed by atoms with E-state index in [9.17, 15) is 0 Å². The third kappa shape index (κ3) is 1.16. The molecule has 1 aliphatic carbocycles. The highest BCUT2D eigenvalue weighted by Crippen LogP contribution is 2.46. The van der Waals surface area contributed by atoms with Crippen molar-refractivity contribution in [3.63, 3.8) is 0 Å². The minimum atomic E-state index is 0.833. The summed E-state index contributed by atoms with van der Waals surface area (Å²) in [6.07, 6.45) is 1.34. The number of nitrogens with one attached hydrogen (secondary N) is 1. The van der Waals surface area contributed by atoms with Crippen LogP contribution in [0.4, 0.5) is 0 Å². The van der Waals surface area contributed by atoms with Gasteiger partial charge in [0.05, 0.1) is 0 Å². The Morgan fingerprint density at radius 1 is 1.23 bits per heavy atom. The smallest absolute Gasteiger partial charge is 0.0175 e. The van der Waals surface area contributed by atoms with Gasteiger partial charge in [-0.3, -0.25) is 0 Å². The van der Waals surface area contributed by atoms with Gasteiger partial charge in [0, 0.05) is 17.1 Å². The summed E-state index contributed by atoms with van der Waals surface area (Å²) in [5.74, 6) is 1.76. The molecule has 3 rings (SSSR count). The van der Waals surface area contributed by atoms with Crippen LogP contribution in [0.15, 0.2) is 28.7 Å². The zero-order valence-electron chi connectivity index (χ0n) is 7.33.